The molecule has 1 amide bonds. The number of methoxy groups -OCH3 is 1. The van der Waals surface area contributed by atoms with Crippen molar-refractivity contribution in [2.75, 3.05) is 32.6 Å². The number of hydrogen-bond donors (Lipinski definition) is 2. The number of carbonyl (C=O) groups excluding carboxylic acids is 1. The van der Waals surface area contributed by atoms with Gasteiger partial charge in [-0.15, -0.1) is 0 Å². The van der Waals surface area contributed by atoms with E-state index in [0.29, 0.717) is 19.7 Å². The van der Waals surface area contributed by atoms with Gasteiger partial charge in [0.2, 0.25) is 5.91 Å². The molecule has 0 rings (SSSR count). The van der Waals surface area contributed by atoms with Crippen molar-refractivity contribution in [2.45, 2.75) is 12.2 Å². The minimum absolute atomic E-state index is 0.0160. The number of carbonyl (C=O) groups is 1. The van der Waals surface area contributed by atoms with E-state index in [1.807, 2.05) is 0 Å². The lowest BCUT2D eigenvalue weighted by Crippen LogP contribution is -2.34. The van der Waals surface area contributed by atoms with E-state index < -0.39 is 10.8 Å². The number of hydrogen-bond acceptors (Lipinski definition) is 4. The molecular weight excluding hydrogens is 204 g/mol. The highest BCUT2D eigenvalue weighted by atomic mass is 32.2. The Balaban J connectivity index is 3.66. The van der Waals surface area contributed by atoms with Gasteiger partial charge < -0.3 is 15.8 Å². The van der Waals surface area contributed by atoms with Gasteiger partial charge in [-0.05, 0) is 6.92 Å². The summed E-state index contributed by atoms with van der Waals surface area (Å²) < 4.78 is 16.1. The van der Waals surface area contributed by atoms with E-state index >= 15 is 0 Å². The molecule has 14 heavy (non-hydrogen) atoms. The molecule has 0 aromatic heterocycles. The largest absolute Gasteiger partial charge is 0.383 e. The highest BCUT2D eigenvalue weighted by molar-refractivity contribution is 7.86. The zero-order valence-corrected chi connectivity index (χ0v) is 9.43. The van der Waals surface area contributed by atoms with Crippen LogP contribution in [0.5, 0.6) is 0 Å². The van der Waals surface area contributed by atoms with E-state index in [9.17, 15) is 9.00 Å². The summed E-state index contributed by atoms with van der Waals surface area (Å²) in [5.74, 6) is -0.206. The predicted octanol–water partition coefficient (Wildman–Crippen LogP) is -1.16. The first kappa shape index (κ1) is 13.5. The van der Waals surface area contributed by atoms with Crippen LogP contribution in [0.1, 0.15) is 6.92 Å². The molecule has 2 atom stereocenters. The molecular formula is C8H18N2O3S. The van der Waals surface area contributed by atoms with Crippen molar-refractivity contribution in [2.24, 2.45) is 5.73 Å². The third-order valence-electron chi connectivity index (χ3n) is 1.68. The van der Waals surface area contributed by atoms with E-state index in [1.165, 1.54) is 0 Å². The van der Waals surface area contributed by atoms with Crippen LogP contribution in [0.4, 0.5) is 0 Å². The Morgan fingerprint density at radius 2 is 2.29 bits per heavy atom. The highest BCUT2D eigenvalue weighted by Gasteiger charge is 2.12. The zero-order valence-electron chi connectivity index (χ0n) is 8.62. The number of ether oxygens (including phenoxy) is 1. The average molecular weight is 222 g/mol. The lowest BCUT2D eigenvalue weighted by Gasteiger charge is -2.08. The molecule has 0 aromatic rings. The lowest BCUT2D eigenvalue weighted by atomic mass is 10.5. The molecule has 0 aliphatic rings. The van der Waals surface area contributed by atoms with Crippen molar-refractivity contribution in [1.82, 2.24) is 5.32 Å². The summed E-state index contributed by atoms with van der Waals surface area (Å²) >= 11 is 0. The van der Waals surface area contributed by atoms with E-state index in [-0.39, 0.29) is 16.9 Å². The number of nitrogens with two attached hydrogens (primary N) is 1. The summed E-state index contributed by atoms with van der Waals surface area (Å²) in [6.07, 6.45) is 0. The van der Waals surface area contributed by atoms with Crippen LogP contribution in [-0.2, 0) is 20.3 Å². The molecule has 0 saturated heterocycles. The predicted molar refractivity (Wildman–Crippen MR) is 56.4 cm³/mol. The first-order valence-corrected chi connectivity index (χ1v) is 5.83. The fourth-order valence-corrected chi connectivity index (χ4v) is 1.58. The van der Waals surface area contributed by atoms with E-state index in [1.54, 1.807) is 14.0 Å². The van der Waals surface area contributed by atoms with Crippen LogP contribution in [0.25, 0.3) is 0 Å². The van der Waals surface area contributed by atoms with Crippen molar-refractivity contribution in [1.29, 1.82) is 0 Å². The van der Waals surface area contributed by atoms with Gasteiger partial charge in [-0.25, -0.2) is 0 Å². The molecule has 0 fully saturated rings. The molecule has 0 radical (unpaired) electrons. The Labute approximate surface area is 86.8 Å². The van der Waals surface area contributed by atoms with Gasteiger partial charge in [0.25, 0.3) is 0 Å². The highest BCUT2D eigenvalue weighted by Crippen LogP contribution is 1.93. The molecule has 0 aliphatic heterocycles. The summed E-state index contributed by atoms with van der Waals surface area (Å²) in [6.45, 7) is 3.00. The number of nitrogens with one attached hydrogen (secondary N) is 1. The van der Waals surface area contributed by atoms with Crippen molar-refractivity contribution in [3.63, 3.8) is 0 Å². The van der Waals surface area contributed by atoms with Crippen molar-refractivity contribution < 1.29 is 13.7 Å². The maximum absolute atomic E-state index is 11.4. The molecule has 0 bridgehead atoms. The zero-order chi connectivity index (χ0) is 11.0. The van der Waals surface area contributed by atoms with Crippen LogP contribution in [0, 0.1) is 0 Å². The quantitative estimate of drug-likeness (QED) is 0.533. The molecule has 6 heteroatoms. The molecule has 0 aliphatic carbocycles. The van der Waals surface area contributed by atoms with Gasteiger partial charge >= 0.3 is 0 Å². The monoisotopic (exact) mass is 222 g/mol. The third kappa shape index (κ3) is 6.06. The van der Waals surface area contributed by atoms with E-state index in [2.05, 4.69) is 5.32 Å². The number of amides is 1. The van der Waals surface area contributed by atoms with Gasteiger partial charge in [0.15, 0.2) is 0 Å². The Hall–Kier alpha value is -0.460. The third-order valence-corrected chi connectivity index (χ3v) is 3.32. The summed E-state index contributed by atoms with van der Waals surface area (Å²) in [5, 5.41) is 2.46. The Bertz CT molecular complexity index is 199. The molecule has 2 unspecified atom stereocenters. The van der Waals surface area contributed by atoms with Crippen LogP contribution < -0.4 is 11.1 Å². The van der Waals surface area contributed by atoms with E-state index in [0.717, 1.165) is 0 Å². The lowest BCUT2D eigenvalue weighted by molar-refractivity contribution is -0.118. The smallest absolute Gasteiger partial charge is 0.232 e. The summed E-state index contributed by atoms with van der Waals surface area (Å²) in [7, 11) is 0.378. The Morgan fingerprint density at radius 1 is 1.64 bits per heavy atom. The second-order valence-corrected chi connectivity index (χ2v) is 4.77. The van der Waals surface area contributed by atoms with Crippen LogP contribution in [-0.4, -0.2) is 47.9 Å². The minimum atomic E-state index is -1.18. The summed E-state index contributed by atoms with van der Waals surface area (Å²) in [5.41, 5.74) is 5.33. The van der Waals surface area contributed by atoms with E-state index in [4.69, 9.17) is 10.5 Å². The standard InChI is InChI=1S/C8H18N2O3S/c1-7(5-9)14(12)6-8(11)10-3-4-13-2/h7H,3-6,9H2,1-2H3,(H,10,11). The minimum Gasteiger partial charge on any atom is -0.383 e. The van der Waals surface area contributed by atoms with Gasteiger partial charge in [-0.1, -0.05) is 0 Å². The Morgan fingerprint density at radius 3 is 2.79 bits per heavy atom. The van der Waals surface area contributed by atoms with Crippen LogP contribution in [0.2, 0.25) is 0 Å². The number of rotatable bonds is 7. The second kappa shape index (κ2) is 7.90. The van der Waals surface area contributed by atoms with Crippen molar-refractivity contribution >= 4 is 16.7 Å². The average Bonchev–Trinajstić information content (AvgIpc) is 2.16. The van der Waals surface area contributed by atoms with Crippen LogP contribution in [0.15, 0.2) is 0 Å². The fraction of sp³-hybridized carbons (Fsp3) is 0.875. The molecule has 5 nitrogen and oxygen atoms in total. The molecule has 0 aromatic carbocycles. The van der Waals surface area contributed by atoms with Gasteiger partial charge in [-0.3, -0.25) is 9.00 Å². The SMILES string of the molecule is COCCNC(=O)CS(=O)C(C)CN. The van der Waals surface area contributed by atoms with Gasteiger partial charge in [0.05, 0.1) is 6.61 Å². The second-order valence-electron chi connectivity index (χ2n) is 2.91. The Kier molecular flexibility index (Phi) is 7.64. The molecule has 3 N–H and O–H groups in total. The van der Waals surface area contributed by atoms with Crippen LogP contribution >= 0.6 is 0 Å². The maximum atomic E-state index is 11.4. The molecule has 0 heterocycles. The summed E-state index contributed by atoms with van der Waals surface area (Å²) in [4.78, 5) is 11.1. The van der Waals surface area contributed by atoms with Gasteiger partial charge in [-0.2, -0.15) is 0 Å². The fourth-order valence-electron chi connectivity index (χ4n) is 0.722. The van der Waals surface area contributed by atoms with Gasteiger partial charge in [0.1, 0.15) is 5.75 Å². The first-order valence-electron chi connectivity index (χ1n) is 4.44. The normalized spacial score (nSPS) is 14.8. The first-order chi connectivity index (χ1) is 6.61. The molecule has 84 valence electrons. The van der Waals surface area contributed by atoms with Crippen LogP contribution in [0.3, 0.4) is 0 Å². The van der Waals surface area contributed by atoms with Crippen molar-refractivity contribution in [3.05, 3.63) is 0 Å². The molecule has 0 saturated carbocycles. The van der Waals surface area contributed by atoms with Crippen molar-refractivity contribution in [3.8, 4) is 0 Å². The molecule has 0 spiro atoms. The maximum Gasteiger partial charge on any atom is 0.232 e. The topological polar surface area (TPSA) is 81.4 Å². The van der Waals surface area contributed by atoms with Gasteiger partial charge in [0, 0.05) is 36.2 Å². The summed E-state index contributed by atoms with van der Waals surface area (Å²) in [6, 6.07) is 0.